The van der Waals surface area contributed by atoms with E-state index in [4.69, 9.17) is 9.84 Å². The number of nitrogens with zero attached hydrogens (tertiary/aromatic N) is 3. The number of fused-ring (bicyclic) bond motifs is 1. The minimum atomic E-state index is -0.425. The second kappa shape index (κ2) is 11.7. The van der Waals surface area contributed by atoms with Crippen LogP contribution in [0.2, 0.25) is 0 Å². The Morgan fingerprint density at radius 3 is 2.33 bits per heavy atom. The van der Waals surface area contributed by atoms with Gasteiger partial charge >= 0.3 is 0 Å². The molecule has 0 fully saturated rings. The number of aliphatic hydroxyl groups is 1. The second-order valence-corrected chi connectivity index (χ2v) is 10.1. The van der Waals surface area contributed by atoms with Gasteiger partial charge in [0, 0.05) is 37.0 Å². The summed E-state index contributed by atoms with van der Waals surface area (Å²) in [5, 5.41) is 15.6. The van der Waals surface area contributed by atoms with Gasteiger partial charge in [0.1, 0.15) is 0 Å². The lowest BCUT2D eigenvalue weighted by Crippen LogP contribution is -2.43. The van der Waals surface area contributed by atoms with Gasteiger partial charge in [0.05, 0.1) is 24.1 Å². The van der Waals surface area contributed by atoms with E-state index in [1.807, 2.05) is 6.92 Å². The van der Waals surface area contributed by atoms with E-state index >= 15 is 0 Å². The molecular weight excluding hydrogens is 446 g/mol. The van der Waals surface area contributed by atoms with Gasteiger partial charge in [-0.15, -0.1) is 0 Å². The Morgan fingerprint density at radius 1 is 1.03 bits per heavy atom. The Bertz CT molecular complexity index is 1160. The fourth-order valence-electron chi connectivity index (χ4n) is 5.75. The molecule has 1 aliphatic rings. The highest BCUT2D eigenvalue weighted by Crippen LogP contribution is 2.31. The molecule has 1 aliphatic heterocycles. The van der Waals surface area contributed by atoms with Crippen LogP contribution in [0.5, 0.6) is 0 Å². The maximum atomic E-state index is 10.4. The van der Waals surface area contributed by atoms with Crippen molar-refractivity contribution in [3.63, 3.8) is 0 Å². The predicted octanol–water partition coefficient (Wildman–Crippen LogP) is 6.02. The number of rotatable bonds is 10. The highest BCUT2D eigenvalue weighted by atomic mass is 16.5. The van der Waals surface area contributed by atoms with Crippen molar-refractivity contribution in [3.05, 3.63) is 81.2 Å². The van der Waals surface area contributed by atoms with Gasteiger partial charge in [0.25, 0.3) is 0 Å². The molecule has 2 aromatic carbocycles. The van der Waals surface area contributed by atoms with Crippen LogP contribution in [-0.4, -0.2) is 39.0 Å². The Balaban J connectivity index is 1.74. The number of benzene rings is 2. The molecule has 0 bridgehead atoms. The zero-order valence-electron chi connectivity index (χ0n) is 23.0. The fraction of sp³-hybridized carbons (Fsp3) is 0.516. The average molecular weight is 490 g/mol. The first-order valence-electron chi connectivity index (χ1n) is 13.7. The van der Waals surface area contributed by atoms with Crippen LogP contribution in [0.25, 0.3) is 5.69 Å². The Kier molecular flexibility index (Phi) is 8.66. The van der Waals surface area contributed by atoms with Crippen molar-refractivity contribution in [1.29, 1.82) is 0 Å². The third-order valence-corrected chi connectivity index (χ3v) is 7.68. The fourth-order valence-corrected chi connectivity index (χ4v) is 5.75. The van der Waals surface area contributed by atoms with Gasteiger partial charge in [-0.25, -0.2) is 4.68 Å². The zero-order valence-corrected chi connectivity index (χ0v) is 23.0. The summed E-state index contributed by atoms with van der Waals surface area (Å²) in [5.41, 5.74) is 11.1. The SMILES string of the molecule is CCOCC1Cc2ccccc2CN1Cc1c(CC)nn(-c2c(C)cc(C(O)CC)cc2C)c1CC. The molecule has 0 aliphatic carbocycles. The summed E-state index contributed by atoms with van der Waals surface area (Å²) < 4.78 is 8.12. The molecule has 194 valence electrons. The van der Waals surface area contributed by atoms with E-state index < -0.39 is 6.10 Å². The Labute approximate surface area is 217 Å². The highest BCUT2D eigenvalue weighted by Gasteiger charge is 2.29. The monoisotopic (exact) mass is 489 g/mol. The lowest BCUT2D eigenvalue weighted by atomic mass is 9.93. The normalized spacial score (nSPS) is 16.8. The van der Waals surface area contributed by atoms with Gasteiger partial charge in [-0.2, -0.15) is 5.10 Å². The second-order valence-electron chi connectivity index (χ2n) is 10.1. The molecule has 3 aromatic rings. The van der Waals surface area contributed by atoms with Gasteiger partial charge < -0.3 is 9.84 Å². The molecular formula is C31H43N3O2. The molecule has 0 saturated carbocycles. The van der Waals surface area contributed by atoms with Crippen molar-refractivity contribution < 1.29 is 9.84 Å². The molecule has 1 aromatic heterocycles. The third kappa shape index (κ3) is 5.29. The van der Waals surface area contributed by atoms with Crippen LogP contribution in [0.1, 0.15) is 85.0 Å². The van der Waals surface area contributed by atoms with E-state index in [9.17, 15) is 5.11 Å². The van der Waals surface area contributed by atoms with Crippen molar-refractivity contribution in [2.24, 2.45) is 0 Å². The van der Waals surface area contributed by atoms with Crippen molar-refractivity contribution in [1.82, 2.24) is 14.7 Å². The van der Waals surface area contributed by atoms with Crippen molar-refractivity contribution in [2.45, 2.75) is 92.5 Å². The van der Waals surface area contributed by atoms with Crippen LogP contribution in [0.4, 0.5) is 0 Å². The molecule has 1 N–H and O–H groups in total. The Morgan fingerprint density at radius 2 is 1.72 bits per heavy atom. The number of hydrogen-bond acceptors (Lipinski definition) is 4. The molecule has 5 heteroatoms. The average Bonchev–Trinajstić information content (AvgIpc) is 3.23. The summed E-state index contributed by atoms with van der Waals surface area (Å²) in [7, 11) is 0. The summed E-state index contributed by atoms with van der Waals surface area (Å²) in [6.07, 6.45) is 3.13. The molecule has 0 radical (unpaired) electrons. The summed E-state index contributed by atoms with van der Waals surface area (Å²) in [6, 6.07) is 13.4. The lowest BCUT2D eigenvalue weighted by molar-refractivity contribution is 0.0511. The topological polar surface area (TPSA) is 50.5 Å². The summed E-state index contributed by atoms with van der Waals surface area (Å²) in [6.45, 7) is 16.1. The molecule has 2 heterocycles. The van der Waals surface area contributed by atoms with Gasteiger partial charge in [-0.3, -0.25) is 4.90 Å². The van der Waals surface area contributed by atoms with Crippen LogP contribution < -0.4 is 0 Å². The lowest BCUT2D eigenvalue weighted by Gasteiger charge is -2.37. The Hall–Kier alpha value is -2.47. The van der Waals surface area contributed by atoms with E-state index in [-0.39, 0.29) is 0 Å². The van der Waals surface area contributed by atoms with Gasteiger partial charge in [-0.05, 0) is 74.3 Å². The summed E-state index contributed by atoms with van der Waals surface area (Å²) in [4.78, 5) is 2.60. The standard InChI is InChI=1S/C31H43N3O2/c1-7-28-27(19-33-18-24-14-12-11-13-23(24)17-26(33)20-36-10-4)29(8-2)34(32-28)31-21(5)15-25(16-22(31)6)30(35)9-3/h11-16,26,30,35H,7-10,17-20H2,1-6H3. The molecule has 0 spiro atoms. The van der Waals surface area contributed by atoms with Crippen LogP contribution in [-0.2, 0) is 37.1 Å². The van der Waals surface area contributed by atoms with Gasteiger partial charge in [-0.1, -0.05) is 57.2 Å². The number of ether oxygens (including phenoxy) is 1. The van der Waals surface area contributed by atoms with Gasteiger partial charge in [0.15, 0.2) is 0 Å². The number of aromatic nitrogens is 2. The predicted molar refractivity (Wildman–Crippen MR) is 147 cm³/mol. The van der Waals surface area contributed by atoms with Crippen LogP contribution in [0, 0.1) is 13.8 Å². The first-order chi connectivity index (χ1) is 17.4. The summed E-state index contributed by atoms with van der Waals surface area (Å²) in [5.74, 6) is 0. The van der Waals surface area contributed by atoms with Crippen molar-refractivity contribution in [2.75, 3.05) is 13.2 Å². The van der Waals surface area contributed by atoms with Crippen molar-refractivity contribution >= 4 is 0 Å². The molecule has 36 heavy (non-hydrogen) atoms. The van der Waals surface area contributed by atoms with E-state index in [0.29, 0.717) is 12.5 Å². The molecule has 4 rings (SSSR count). The maximum absolute atomic E-state index is 10.4. The largest absolute Gasteiger partial charge is 0.388 e. The minimum Gasteiger partial charge on any atom is -0.388 e. The van der Waals surface area contributed by atoms with Crippen molar-refractivity contribution in [3.8, 4) is 5.69 Å². The van der Waals surface area contributed by atoms with Crippen LogP contribution in [0.15, 0.2) is 36.4 Å². The molecule has 2 atom stereocenters. The molecule has 0 saturated heterocycles. The molecule has 0 amide bonds. The van der Waals surface area contributed by atoms with E-state index in [0.717, 1.165) is 67.9 Å². The molecule has 5 nitrogen and oxygen atoms in total. The van der Waals surface area contributed by atoms with Gasteiger partial charge in [0.2, 0.25) is 0 Å². The third-order valence-electron chi connectivity index (χ3n) is 7.68. The number of aliphatic hydroxyl groups excluding tert-OH is 1. The van der Waals surface area contributed by atoms with E-state index in [2.05, 4.69) is 80.6 Å². The zero-order chi connectivity index (χ0) is 25.8. The maximum Gasteiger partial charge on any atom is 0.0787 e. The first-order valence-corrected chi connectivity index (χ1v) is 13.7. The molecule has 2 unspecified atom stereocenters. The summed E-state index contributed by atoms with van der Waals surface area (Å²) >= 11 is 0. The first kappa shape index (κ1) is 26.6. The smallest absolute Gasteiger partial charge is 0.0787 e. The van der Waals surface area contributed by atoms with Crippen LogP contribution >= 0.6 is 0 Å². The number of aryl methyl sites for hydroxylation is 3. The van der Waals surface area contributed by atoms with E-state index in [1.54, 1.807) is 0 Å². The highest BCUT2D eigenvalue weighted by molar-refractivity contribution is 5.51. The van der Waals surface area contributed by atoms with Crippen LogP contribution in [0.3, 0.4) is 0 Å². The minimum absolute atomic E-state index is 0.357. The number of hydrogen-bond donors (Lipinski definition) is 1. The quantitative estimate of drug-likeness (QED) is 0.378. The van der Waals surface area contributed by atoms with E-state index in [1.165, 1.54) is 28.1 Å².